The van der Waals surface area contributed by atoms with Crippen LogP contribution in [0, 0.1) is 11.8 Å². The van der Waals surface area contributed by atoms with Gasteiger partial charge >= 0.3 is 0 Å². The van der Waals surface area contributed by atoms with E-state index in [0.29, 0.717) is 24.0 Å². The molecule has 3 heterocycles. The number of nitrogens with zero attached hydrogens (tertiary/aromatic N) is 1. The van der Waals surface area contributed by atoms with Crippen molar-refractivity contribution < 1.29 is 9.47 Å². The summed E-state index contributed by atoms with van der Waals surface area (Å²) >= 11 is 0. The van der Waals surface area contributed by atoms with E-state index >= 15 is 0 Å². The van der Waals surface area contributed by atoms with Crippen LogP contribution in [0.3, 0.4) is 0 Å². The summed E-state index contributed by atoms with van der Waals surface area (Å²) < 4.78 is 12.3. The first-order chi connectivity index (χ1) is 10.2. The van der Waals surface area contributed by atoms with Crippen molar-refractivity contribution in [3.63, 3.8) is 0 Å². The Morgan fingerprint density at radius 3 is 2.90 bits per heavy atom. The molecule has 3 aliphatic rings. The molecular weight excluding hydrogens is 262 g/mol. The minimum absolute atomic E-state index is 0.351. The van der Waals surface area contributed by atoms with Crippen LogP contribution in [0.1, 0.15) is 33.6 Å². The van der Waals surface area contributed by atoms with Gasteiger partial charge in [0.2, 0.25) is 0 Å². The molecule has 21 heavy (non-hydrogen) atoms. The zero-order valence-electron chi connectivity index (χ0n) is 13.7. The molecule has 0 N–H and O–H groups in total. The third-order valence-electron chi connectivity index (χ3n) is 5.51. The number of hydrogen-bond donors (Lipinski definition) is 0. The molecule has 0 unspecified atom stereocenters. The Balaban J connectivity index is 1.74. The van der Waals surface area contributed by atoms with E-state index in [4.69, 9.17) is 9.47 Å². The summed E-state index contributed by atoms with van der Waals surface area (Å²) in [5.74, 6) is 1.24. The lowest BCUT2D eigenvalue weighted by Crippen LogP contribution is -2.35. The van der Waals surface area contributed by atoms with Crippen LogP contribution in [0.5, 0.6) is 0 Å². The summed E-state index contributed by atoms with van der Waals surface area (Å²) in [4.78, 5) is 2.54. The van der Waals surface area contributed by atoms with E-state index in [1.165, 1.54) is 11.1 Å². The van der Waals surface area contributed by atoms with Crippen molar-refractivity contribution in [2.75, 3.05) is 32.9 Å². The van der Waals surface area contributed by atoms with E-state index in [2.05, 4.69) is 37.8 Å². The highest BCUT2D eigenvalue weighted by atomic mass is 16.5. The quantitative estimate of drug-likeness (QED) is 0.640. The number of ether oxygens (including phenoxy) is 2. The predicted octanol–water partition coefficient (Wildman–Crippen LogP) is 3.02. The first-order valence-electron chi connectivity index (χ1n) is 8.45. The first kappa shape index (κ1) is 15.3. The second-order valence-electron chi connectivity index (χ2n) is 6.98. The Labute approximate surface area is 129 Å². The Morgan fingerprint density at radius 1 is 1.24 bits per heavy atom. The molecular formula is C18H29NO2. The van der Waals surface area contributed by atoms with Crippen LogP contribution in [0.4, 0.5) is 0 Å². The van der Waals surface area contributed by atoms with Gasteiger partial charge in [-0.05, 0) is 42.7 Å². The molecule has 0 spiro atoms. The van der Waals surface area contributed by atoms with Gasteiger partial charge < -0.3 is 9.47 Å². The van der Waals surface area contributed by atoms with E-state index in [-0.39, 0.29) is 0 Å². The van der Waals surface area contributed by atoms with Gasteiger partial charge in [-0.25, -0.2) is 0 Å². The van der Waals surface area contributed by atoms with E-state index in [1.54, 1.807) is 0 Å². The van der Waals surface area contributed by atoms with Gasteiger partial charge in [-0.15, -0.1) is 0 Å². The molecule has 2 fully saturated rings. The second-order valence-corrected chi connectivity index (χ2v) is 6.98. The van der Waals surface area contributed by atoms with Crippen LogP contribution >= 0.6 is 0 Å². The topological polar surface area (TPSA) is 21.7 Å². The normalized spacial score (nSPS) is 40.5. The summed E-state index contributed by atoms with van der Waals surface area (Å²) in [6, 6.07) is 0.468. The maximum atomic E-state index is 6.30. The molecule has 4 atom stereocenters. The maximum absolute atomic E-state index is 6.30. The minimum Gasteiger partial charge on any atom is -0.377 e. The molecule has 118 valence electrons. The Morgan fingerprint density at radius 2 is 2.10 bits per heavy atom. The van der Waals surface area contributed by atoms with Gasteiger partial charge in [-0.1, -0.05) is 26.0 Å². The monoisotopic (exact) mass is 291 g/mol. The lowest BCUT2D eigenvalue weighted by atomic mass is 9.90. The molecule has 0 bridgehead atoms. The highest BCUT2D eigenvalue weighted by Crippen LogP contribution is 2.32. The molecule has 0 saturated carbocycles. The molecule has 0 aliphatic carbocycles. The van der Waals surface area contributed by atoms with Crippen LogP contribution in [0.2, 0.25) is 0 Å². The minimum atomic E-state index is 0.351. The van der Waals surface area contributed by atoms with Gasteiger partial charge in [0.25, 0.3) is 0 Å². The fourth-order valence-corrected chi connectivity index (χ4v) is 3.79. The number of rotatable bonds is 0. The molecule has 3 rings (SSSR count). The molecule has 0 aromatic rings. The fourth-order valence-electron chi connectivity index (χ4n) is 3.79. The molecule has 3 heteroatoms. The van der Waals surface area contributed by atoms with Crippen molar-refractivity contribution in [3.8, 4) is 0 Å². The molecule has 0 aromatic heterocycles. The summed E-state index contributed by atoms with van der Waals surface area (Å²) in [5.41, 5.74) is 2.89. The highest BCUT2D eigenvalue weighted by molar-refractivity contribution is 5.23. The van der Waals surface area contributed by atoms with E-state index in [1.807, 2.05) is 0 Å². The van der Waals surface area contributed by atoms with E-state index in [0.717, 1.165) is 45.8 Å². The van der Waals surface area contributed by atoms with Crippen molar-refractivity contribution in [2.24, 2.45) is 11.8 Å². The highest BCUT2D eigenvalue weighted by Gasteiger charge is 2.40. The molecule has 0 radical (unpaired) electrons. The lowest BCUT2D eigenvalue weighted by Gasteiger charge is -2.28. The Hall–Kier alpha value is -0.640. The zero-order chi connectivity index (χ0) is 14.8. The average molecular weight is 291 g/mol. The van der Waals surface area contributed by atoms with Gasteiger partial charge in [0.1, 0.15) is 0 Å². The van der Waals surface area contributed by atoms with Crippen LogP contribution in [-0.2, 0) is 9.47 Å². The van der Waals surface area contributed by atoms with E-state index in [9.17, 15) is 0 Å². The van der Waals surface area contributed by atoms with Crippen molar-refractivity contribution in [2.45, 2.75) is 45.8 Å². The van der Waals surface area contributed by atoms with Crippen molar-refractivity contribution >= 4 is 0 Å². The molecule has 3 nitrogen and oxygen atoms in total. The Kier molecular flexibility index (Phi) is 4.82. The van der Waals surface area contributed by atoms with Crippen LogP contribution < -0.4 is 0 Å². The third-order valence-corrected chi connectivity index (χ3v) is 5.51. The van der Waals surface area contributed by atoms with Crippen LogP contribution in [0.15, 0.2) is 23.3 Å². The summed E-state index contributed by atoms with van der Waals surface area (Å²) in [6.45, 7) is 11.5. The van der Waals surface area contributed by atoms with Gasteiger partial charge in [-0.2, -0.15) is 0 Å². The maximum Gasteiger partial charge on any atom is 0.0786 e. The third kappa shape index (κ3) is 3.25. The van der Waals surface area contributed by atoms with Gasteiger partial charge in [0.15, 0.2) is 0 Å². The number of hydrogen-bond acceptors (Lipinski definition) is 3. The van der Waals surface area contributed by atoms with Gasteiger partial charge in [-0.3, -0.25) is 4.90 Å². The average Bonchev–Trinajstić information content (AvgIpc) is 3.05. The molecule has 0 amide bonds. The SMILES string of the molecule is C/C=C1/CO[C@@H]2CCN3CC=C(COC[C@@H](C)[C@H](C)C1)[C@H]23. The standard InChI is InChI=1S/C18H29NO2/c1-4-15-9-13(2)14(3)10-20-12-16-5-7-19-8-6-17(18(16)19)21-11-15/h4-5,13-14,17-18H,6-12H2,1-3H3/b15-4+/t13-,14-,17-,18-/m1/s1. The van der Waals surface area contributed by atoms with Crippen molar-refractivity contribution in [1.29, 1.82) is 0 Å². The van der Waals surface area contributed by atoms with Crippen LogP contribution in [-0.4, -0.2) is 50.0 Å². The first-order valence-corrected chi connectivity index (χ1v) is 8.45. The lowest BCUT2D eigenvalue weighted by molar-refractivity contribution is 0.0390. The zero-order valence-corrected chi connectivity index (χ0v) is 13.7. The molecule has 2 saturated heterocycles. The van der Waals surface area contributed by atoms with Crippen molar-refractivity contribution in [3.05, 3.63) is 23.3 Å². The Bertz CT molecular complexity index is 429. The number of allylic oxidation sites excluding steroid dienone is 1. The van der Waals surface area contributed by atoms with E-state index < -0.39 is 0 Å². The van der Waals surface area contributed by atoms with Crippen molar-refractivity contribution in [1.82, 2.24) is 4.90 Å². The fraction of sp³-hybridized carbons (Fsp3) is 0.778. The molecule has 3 aliphatic heterocycles. The largest absolute Gasteiger partial charge is 0.377 e. The smallest absolute Gasteiger partial charge is 0.0786 e. The second kappa shape index (κ2) is 6.64. The summed E-state index contributed by atoms with van der Waals surface area (Å²) in [5, 5.41) is 0. The summed E-state index contributed by atoms with van der Waals surface area (Å²) in [7, 11) is 0. The predicted molar refractivity (Wildman–Crippen MR) is 85.3 cm³/mol. The van der Waals surface area contributed by atoms with Gasteiger partial charge in [0.05, 0.1) is 25.4 Å². The molecule has 0 aromatic carbocycles. The summed E-state index contributed by atoms with van der Waals surface area (Å²) in [6.07, 6.45) is 7.24. The van der Waals surface area contributed by atoms with Crippen LogP contribution in [0.25, 0.3) is 0 Å². The van der Waals surface area contributed by atoms with Gasteiger partial charge in [0, 0.05) is 19.7 Å².